The highest BCUT2D eigenvalue weighted by molar-refractivity contribution is 5.96. The van der Waals surface area contributed by atoms with Crippen LogP contribution in [0.4, 0.5) is 18.9 Å². The molecular formula is C13H14F3N3O. The van der Waals surface area contributed by atoms with Crippen molar-refractivity contribution in [2.24, 2.45) is 5.84 Å². The summed E-state index contributed by atoms with van der Waals surface area (Å²) in [5, 5.41) is 0.495. The van der Waals surface area contributed by atoms with E-state index in [4.69, 9.17) is 10.6 Å². The summed E-state index contributed by atoms with van der Waals surface area (Å²) in [5.74, 6) is 5.92. The number of nitrogen functional groups attached to an aromatic ring is 1. The first-order chi connectivity index (χ1) is 9.29. The summed E-state index contributed by atoms with van der Waals surface area (Å²) in [6, 6.07) is 3.24. The highest BCUT2D eigenvalue weighted by Gasteiger charge is 2.36. The molecule has 1 heterocycles. The third-order valence-electron chi connectivity index (χ3n) is 3.15. The van der Waals surface area contributed by atoms with Gasteiger partial charge in [0.05, 0.1) is 18.3 Å². The normalized spacial score (nSPS) is 11.8. The highest BCUT2D eigenvalue weighted by Crippen LogP contribution is 2.38. The number of alkyl halides is 3. The van der Waals surface area contributed by atoms with E-state index in [0.29, 0.717) is 16.7 Å². The van der Waals surface area contributed by atoms with E-state index in [2.05, 4.69) is 10.4 Å². The number of methoxy groups -OCH3 is 1. The van der Waals surface area contributed by atoms with E-state index < -0.39 is 11.9 Å². The monoisotopic (exact) mass is 285 g/mol. The predicted octanol–water partition coefficient (Wildman–Crippen LogP) is 3.16. The average Bonchev–Trinajstić information content (AvgIpc) is 2.36. The maximum Gasteiger partial charge on any atom is 0.433 e. The molecule has 0 saturated heterocycles. The van der Waals surface area contributed by atoms with E-state index in [1.807, 2.05) is 0 Å². The van der Waals surface area contributed by atoms with Crippen LogP contribution in [0.25, 0.3) is 10.9 Å². The van der Waals surface area contributed by atoms with Gasteiger partial charge in [0.2, 0.25) is 0 Å². The molecule has 1 aromatic heterocycles. The summed E-state index contributed by atoms with van der Waals surface area (Å²) in [5.41, 5.74) is 2.38. The van der Waals surface area contributed by atoms with Crippen LogP contribution in [0.3, 0.4) is 0 Å². The standard InChI is InChI=1S/C13H14F3N3O/c1-6-4-8(20-3)5-9-10(6)18-12(13(14,15)16)7(2)11(9)19-17/h4-5H,17H2,1-3H3,(H,18,19). The third kappa shape index (κ3) is 2.24. The van der Waals surface area contributed by atoms with Gasteiger partial charge in [-0.1, -0.05) is 0 Å². The van der Waals surface area contributed by atoms with Gasteiger partial charge in [-0.15, -0.1) is 0 Å². The molecule has 0 unspecified atom stereocenters. The zero-order valence-electron chi connectivity index (χ0n) is 11.2. The molecule has 7 heteroatoms. The molecule has 0 radical (unpaired) electrons. The molecule has 0 aliphatic carbocycles. The van der Waals surface area contributed by atoms with Crippen LogP contribution >= 0.6 is 0 Å². The number of aromatic nitrogens is 1. The van der Waals surface area contributed by atoms with Gasteiger partial charge in [-0.05, 0) is 31.5 Å². The molecule has 20 heavy (non-hydrogen) atoms. The number of ether oxygens (including phenoxy) is 1. The fourth-order valence-corrected chi connectivity index (χ4v) is 2.18. The van der Waals surface area contributed by atoms with Crippen molar-refractivity contribution in [3.8, 4) is 5.75 Å². The summed E-state index contributed by atoms with van der Waals surface area (Å²) < 4.78 is 44.2. The van der Waals surface area contributed by atoms with E-state index in [-0.39, 0.29) is 16.8 Å². The quantitative estimate of drug-likeness (QED) is 0.657. The summed E-state index contributed by atoms with van der Waals surface area (Å²) in [7, 11) is 1.49. The van der Waals surface area contributed by atoms with Crippen molar-refractivity contribution in [1.82, 2.24) is 4.98 Å². The molecule has 0 saturated carbocycles. The summed E-state index contributed by atoms with van der Waals surface area (Å²) in [6.07, 6.45) is -4.53. The van der Waals surface area contributed by atoms with Gasteiger partial charge in [-0.25, -0.2) is 4.98 Å². The summed E-state index contributed by atoms with van der Waals surface area (Å²) in [6.45, 7) is 3.01. The van der Waals surface area contributed by atoms with Gasteiger partial charge in [0, 0.05) is 10.9 Å². The Kier molecular flexibility index (Phi) is 3.47. The number of anilines is 1. The van der Waals surface area contributed by atoms with Crippen LogP contribution < -0.4 is 16.0 Å². The predicted molar refractivity (Wildman–Crippen MR) is 70.6 cm³/mol. The van der Waals surface area contributed by atoms with Gasteiger partial charge in [0.1, 0.15) is 11.4 Å². The molecule has 0 aliphatic heterocycles. The number of nitrogens with two attached hydrogens (primary N) is 1. The maximum atomic E-state index is 13.0. The summed E-state index contributed by atoms with van der Waals surface area (Å²) in [4.78, 5) is 3.75. The van der Waals surface area contributed by atoms with Crippen molar-refractivity contribution in [1.29, 1.82) is 0 Å². The number of fused-ring (bicyclic) bond motifs is 1. The van der Waals surface area contributed by atoms with Crippen LogP contribution in [0.5, 0.6) is 5.75 Å². The lowest BCUT2D eigenvalue weighted by Crippen LogP contribution is -2.16. The second-order valence-electron chi connectivity index (χ2n) is 4.44. The first-order valence-electron chi connectivity index (χ1n) is 5.82. The zero-order valence-corrected chi connectivity index (χ0v) is 11.2. The lowest BCUT2D eigenvalue weighted by Gasteiger charge is -2.17. The molecule has 108 valence electrons. The molecule has 0 bridgehead atoms. The van der Waals surface area contributed by atoms with Crippen molar-refractivity contribution < 1.29 is 17.9 Å². The van der Waals surface area contributed by atoms with Crippen LogP contribution in [0.1, 0.15) is 16.8 Å². The Balaban J connectivity index is 2.92. The van der Waals surface area contributed by atoms with E-state index >= 15 is 0 Å². The second kappa shape index (κ2) is 4.82. The fraction of sp³-hybridized carbons (Fsp3) is 0.308. The van der Waals surface area contributed by atoms with Crippen LogP contribution in [0.15, 0.2) is 12.1 Å². The van der Waals surface area contributed by atoms with Crippen LogP contribution in [0, 0.1) is 13.8 Å². The molecule has 3 N–H and O–H groups in total. The number of hydrazine groups is 1. The Hall–Kier alpha value is -2.02. The van der Waals surface area contributed by atoms with Gasteiger partial charge in [-0.3, -0.25) is 5.84 Å². The van der Waals surface area contributed by atoms with Crippen molar-refractivity contribution in [3.63, 3.8) is 0 Å². The Morgan fingerprint density at radius 2 is 1.90 bits per heavy atom. The molecule has 1 aromatic carbocycles. The molecule has 2 rings (SSSR count). The van der Waals surface area contributed by atoms with Gasteiger partial charge in [0.15, 0.2) is 0 Å². The average molecular weight is 285 g/mol. The molecule has 0 spiro atoms. The van der Waals surface area contributed by atoms with Crippen LogP contribution in [-0.4, -0.2) is 12.1 Å². The van der Waals surface area contributed by atoms with Crippen molar-refractivity contribution >= 4 is 16.6 Å². The fourth-order valence-electron chi connectivity index (χ4n) is 2.18. The number of nitrogens with zero attached hydrogens (tertiary/aromatic N) is 1. The maximum absolute atomic E-state index is 13.0. The smallest absolute Gasteiger partial charge is 0.433 e. The van der Waals surface area contributed by atoms with E-state index in [1.165, 1.54) is 14.0 Å². The number of hydrogen-bond donors (Lipinski definition) is 2. The van der Waals surface area contributed by atoms with E-state index in [1.54, 1.807) is 19.1 Å². The van der Waals surface area contributed by atoms with Crippen molar-refractivity contribution in [3.05, 3.63) is 29.0 Å². The van der Waals surface area contributed by atoms with Gasteiger partial charge in [-0.2, -0.15) is 13.2 Å². The molecule has 0 amide bonds. The van der Waals surface area contributed by atoms with Crippen molar-refractivity contribution in [2.45, 2.75) is 20.0 Å². The zero-order chi connectivity index (χ0) is 15.1. The Morgan fingerprint density at radius 3 is 2.40 bits per heavy atom. The SMILES string of the molecule is COc1cc(C)c2nc(C(F)(F)F)c(C)c(NN)c2c1. The minimum Gasteiger partial charge on any atom is -0.497 e. The highest BCUT2D eigenvalue weighted by atomic mass is 19.4. The Morgan fingerprint density at radius 1 is 1.25 bits per heavy atom. The second-order valence-corrected chi connectivity index (χ2v) is 4.44. The summed E-state index contributed by atoms with van der Waals surface area (Å²) >= 11 is 0. The number of aryl methyl sites for hydroxylation is 1. The molecule has 0 fully saturated rings. The minimum atomic E-state index is -4.53. The van der Waals surface area contributed by atoms with Crippen molar-refractivity contribution in [2.75, 3.05) is 12.5 Å². The Labute approximate surface area is 113 Å². The van der Waals surface area contributed by atoms with E-state index in [9.17, 15) is 13.2 Å². The van der Waals surface area contributed by atoms with Crippen LogP contribution in [-0.2, 0) is 6.18 Å². The van der Waals surface area contributed by atoms with Crippen LogP contribution in [0.2, 0.25) is 0 Å². The topological polar surface area (TPSA) is 60.2 Å². The number of pyridine rings is 1. The first kappa shape index (κ1) is 14.4. The lowest BCUT2D eigenvalue weighted by molar-refractivity contribution is -0.141. The number of hydrogen-bond acceptors (Lipinski definition) is 4. The number of benzene rings is 1. The molecule has 0 aliphatic rings. The molecule has 4 nitrogen and oxygen atoms in total. The largest absolute Gasteiger partial charge is 0.497 e. The molecular weight excluding hydrogens is 271 g/mol. The number of halogens is 3. The van der Waals surface area contributed by atoms with Gasteiger partial charge >= 0.3 is 6.18 Å². The third-order valence-corrected chi connectivity index (χ3v) is 3.15. The van der Waals surface area contributed by atoms with E-state index in [0.717, 1.165) is 0 Å². The first-order valence-corrected chi connectivity index (χ1v) is 5.82. The molecule has 0 atom stereocenters. The Bertz CT molecular complexity index is 668. The number of rotatable bonds is 2. The lowest BCUT2D eigenvalue weighted by atomic mass is 10.0. The minimum absolute atomic E-state index is 0.0415. The number of nitrogens with one attached hydrogen (secondary N) is 1. The van der Waals surface area contributed by atoms with Gasteiger partial charge < -0.3 is 10.2 Å². The van der Waals surface area contributed by atoms with Gasteiger partial charge in [0.25, 0.3) is 0 Å². The molecule has 2 aromatic rings.